The summed E-state index contributed by atoms with van der Waals surface area (Å²) >= 11 is 0. The first-order valence-electron chi connectivity index (χ1n) is 6.32. The van der Waals surface area contributed by atoms with Gasteiger partial charge in [0.15, 0.2) is 5.82 Å². The summed E-state index contributed by atoms with van der Waals surface area (Å²) in [6.45, 7) is 4.48. The predicted molar refractivity (Wildman–Crippen MR) is 75.0 cm³/mol. The number of aromatic nitrogens is 4. The molecule has 0 bridgehead atoms. The fourth-order valence-electron chi connectivity index (χ4n) is 2.03. The Morgan fingerprint density at radius 2 is 2.05 bits per heavy atom. The summed E-state index contributed by atoms with van der Waals surface area (Å²) in [5.74, 6) is 1.12. The summed E-state index contributed by atoms with van der Waals surface area (Å²) in [6.07, 6.45) is 1.62. The van der Waals surface area contributed by atoms with E-state index >= 15 is 0 Å². The summed E-state index contributed by atoms with van der Waals surface area (Å²) in [5, 5.41) is 0. The van der Waals surface area contributed by atoms with Crippen LogP contribution in [0.1, 0.15) is 31.3 Å². The maximum atomic E-state index is 5.66. The molecule has 2 aromatic rings. The number of imidazole rings is 1. The summed E-state index contributed by atoms with van der Waals surface area (Å²) in [5.41, 5.74) is 8.01. The maximum Gasteiger partial charge on any atom is 0.220 e. The molecule has 7 heteroatoms. The molecule has 7 nitrogen and oxygen atoms in total. The molecule has 0 spiro atoms. The van der Waals surface area contributed by atoms with Crippen molar-refractivity contribution in [2.45, 2.75) is 26.4 Å². The van der Waals surface area contributed by atoms with Crippen LogP contribution in [0.4, 0.5) is 5.95 Å². The van der Waals surface area contributed by atoms with Gasteiger partial charge < -0.3 is 15.3 Å². The van der Waals surface area contributed by atoms with Crippen molar-refractivity contribution in [2.75, 3.05) is 20.0 Å². The molecule has 0 amide bonds. The lowest BCUT2D eigenvalue weighted by molar-refractivity contribution is 0.120. The number of methoxy groups -OCH3 is 1. The first-order chi connectivity index (χ1) is 9.58. The monoisotopic (exact) mass is 277 g/mol. The average Bonchev–Trinajstić information content (AvgIpc) is 2.78. The first kappa shape index (κ1) is 14.3. The topological polar surface area (TPSA) is 88.1 Å². The first-order valence-corrected chi connectivity index (χ1v) is 6.32. The Morgan fingerprint density at radius 3 is 2.60 bits per heavy atom. The zero-order valence-electron chi connectivity index (χ0n) is 12.1. The molecule has 108 valence electrons. The highest BCUT2D eigenvalue weighted by atomic mass is 16.6. The summed E-state index contributed by atoms with van der Waals surface area (Å²) < 4.78 is 6.78. The van der Waals surface area contributed by atoms with Gasteiger partial charge in [-0.25, -0.2) is 15.0 Å². The third-order valence-electron chi connectivity index (χ3n) is 2.85. The SMILES string of the molecule is COCc1nc(C(C)C)c(-c2ccnc(N)n2)n1OC. The Kier molecular flexibility index (Phi) is 4.19. The molecule has 2 rings (SSSR count). The van der Waals surface area contributed by atoms with E-state index < -0.39 is 0 Å². The van der Waals surface area contributed by atoms with E-state index in [-0.39, 0.29) is 11.9 Å². The van der Waals surface area contributed by atoms with Crippen molar-refractivity contribution in [1.82, 2.24) is 19.7 Å². The van der Waals surface area contributed by atoms with Crippen LogP contribution in [0.5, 0.6) is 0 Å². The number of nitrogens with two attached hydrogens (primary N) is 1. The number of anilines is 1. The standard InChI is InChI=1S/C13H19N5O2/c1-8(2)11-12(9-5-6-15-13(14)16-9)18(20-4)10(17-11)7-19-3/h5-6,8H,7H2,1-4H3,(H2,14,15,16). The van der Waals surface area contributed by atoms with Crippen molar-refractivity contribution in [1.29, 1.82) is 0 Å². The van der Waals surface area contributed by atoms with E-state index in [0.717, 1.165) is 11.4 Å². The Morgan fingerprint density at radius 1 is 1.30 bits per heavy atom. The van der Waals surface area contributed by atoms with Gasteiger partial charge in [-0.2, -0.15) is 4.73 Å². The van der Waals surface area contributed by atoms with Crippen molar-refractivity contribution < 1.29 is 9.57 Å². The Hall–Kier alpha value is -2.15. The van der Waals surface area contributed by atoms with Crippen LogP contribution in [0.15, 0.2) is 12.3 Å². The molecule has 0 atom stereocenters. The van der Waals surface area contributed by atoms with Gasteiger partial charge in [0, 0.05) is 13.3 Å². The highest BCUT2D eigenvalue weighted by Crippen LogP contribution is 2.28. The maximum absolute atomic E-state index is 5.66. The van der Waals surface area contributed by atoms with Crippen LogP contribution in [0.25, 0.3) is 11.4 Å². The van der Waals surface area contributed by atoms with Crippen LogP contribution in [-0.4, -0.2) is 33.9 Å². The van der Waals surface area contributed by atoms with E-state index in [1.807, 2.05) is 0 Å². The van der Waals surface area contributed by atoms with Gasteiger partial charge in [0.2, 0.25) is 5.95 Å². The molecule has 2 heterocycles. The van der Waals surface area contributed by atoms with Crippen LogP contribution in [0.3, 0.4) is 0 Å². The minimum absolute atomic E-state index is 0.216. The van der Waals surface area contributed by atoms with Gasteiger partial charge >= 0.3 is 0 Å². The zero-order chi connectivity index (χ0) is 14.7. The molecule has 0 fully saturated rings. The van der Waals surface area contributed by atoms with Gasteiger partial charge in [-0.3, -0.25) is 0 Å². The zero-order valence-corrected chi connectivity index (χ0v) is 12.1. The molecule has 20 heavy (non-hydrogen) atoms. The number of nitrogens with zero attached hydrogens (tertiary/aromatic N) is 4. The van der Waals surface area contributed by atoms with Gasteiger partial charge in [0.25, 0.3) is 0 Å². The van der Waals surface area contributed by atoms with Crippen LogP contribution < -0.4 is 10.6 Å². The number of hydrogen-bond donors (Lipinski definition) is 1. The Bertz CT molecular complexity index is 594. The number of hydrogen-bond acceptors (Lipinski definition) is 6. The fraction of sp³-hybridized carbons (Fsp3) is 0.462. The minimum atomic E-state index is 0.216. The third-order valence-corrected chi connectivity index (χ3v) is 2.85. The van der Waals surface area contributed by atoms with Crippen LogP contribution >= 0.6 is 0 Å². The molecule has 2 N–H and O–H groups in total. The molecule has 0 aliphatic carbocycles. The van der Waals surface area contributed by atoms with E-state index in [0.29, 0.717) is 18.1 Å². The predicted octanol–water partition coefficient (Wildman–Crippen LogP) is 1.25. The fourth-order valence-corrected chi connectivity index (χ4v) is 2.03. The van der Waals surface area contributed by atoms with Gasteiger partial charge in [-0.1, -0.05) is 13.8 Å². The van der Waals surface area contributed by atoms with E-state index in [4.69, 9.17) is 15.3 Å². The van der Waals surface area contributed by atoms with Crippen LogP contribution in [-0.2, 0) is 11.3 Å². The van der Waals surface area contributed by atoms with Crippen LogP contribution in [0.2, 0.25) is 0 Å². The highest BCUT2D eigenvalue weighted by Gasteiger charge is 2.22. The number of nitrogen functional groups attached to an aromatic ring is 1. The van der Waals surface area contributed by atoms with Crippen molar-refractivity contribution >= 4 is 5.95 Å². The molecular weight excluding hydrogens is 258 g/mol. The molecule has 0 aliphatic rings. The Balaban J connectivity index is 2.65. The Labute approximate surface area is 117 Å². The number of ether oxygens (including phenoxy) is 1. The molecule has 0 aromatic carbocycles. The van der Waals surface area contributed by atoms with Gasteiger partial charge in [0.1, 0.15) is 19.4 Å². The van der Waals surface area contributed by atoms with E-state index in [1.54, 1.807) is 31.2 Å². The van der Waals surface area contributed by atoms with Crippen molar-refractivity contribution in [3.05, 3.63) is 23.8 Å². The lowest BCUT2D eigenvalue weighted by Gasteiger charge is -2.11. The molecule has 0 radical (unpaired) electrons. The lowest BCUT2D eigenvalue weighted by Crippen LogP contribution is -2.13. The molecule has 0 saturated carbocycles. The summed E-state index contributed by atoms with van der Waals surface area (Å²) in [7, 11) is 3.20. The largest absolute Gasteiger partial charge is 0.415 e. The molecule has 0 saturated heterocycles. The second-order valence-corrected chi connectivity index (χ2v) is 4.63. The molecule has 0 aliphatic heterocycles. The van der Waals surface area contributed by atoms with Gasteiger partial charge in [-0.05, 0) is 12.0 Å². The van der Waals surface area contributed by atoms with E-state index in [1.165, 1.54) is 0 Å². The van der Waals surface area contributed by atoms with Crippen molar-refractivity contribution in [2.24, 2.45) is 0 Å². The second-order valence-electron chi connectivity index (χ2n) is 4.63. The highest BCUT2D eigenvalue weighted by molar-refractivity contribution is 5.60. The summed E-state index contributed by atoms with van der Waals surface area (Å²) in [6, 6.07) is 1.78. The third kappa shape index (κ3) is 2.57. The van der Waals surface area contributed by atoms with Crippen molar-refractivity contribution in [3.8, 4) is 11.4 Å². The lowest BCUT2D eigenvalue weighted by atomic mass is 10.1. The van der Waals surface area contributed by atoms with Gasteiger partial charge in [-0.15, -0.1) is 0 Å². The second kappa shape index (κ2) is 5.87. The molecule has 0 unspecified atom stereocenters. The quantitative estimate of drug-likeness (QED) is 0.885. The molecule has 2 aromatic heterocycles. The van der Waals surface area contributed by atoms with Crippen molar-refractivity contribution in [3.63, 3.8) is 0 Å². The van der Waals surface area contributed by atoms with Crippen LogP contribution in [0, 0.1) is 0 Å². The number of rotatable bonds is 5. The van der Waals surface area contributed by atoms with Gasteiger partial charge in [0.05, 0.1) is 11.4 Å². The van der Waals surface area contributed by atoms with E-state index in [9.17, 15) is 0 Å². The summed E-state index contributed by atoms with van der Waals surface area (Å²) in [4.78, 5) is 18.2. The smallest absolute Gasteiger partial charge is 0.220 e. The minimum Gasteiger partial charge on any atom is -0.415 e. The van der Waals surface area contributed by atoms with E-state index in [2.05, 4.69) is 28.8 Å². The molecular formula is C13H19N5O2. The average molecular weight is 277 g/mol. The normalized spacial score (nSPS) is 11.1.